The van der Waals surface area contributed by atoms with Crippen LogP contribution in [0.1, 0.15) is 51.9 Å². The molecule has 2 aliphatic rings. The molecule has 2 aliphatic carbocycles. The monoisotopic (exact) mass is 279 g/mol. The molecule has 3 atom stereocenters. The number of alkyl halides is 3. The minimum absolute atomic E-state index is 0.232. The van der Waals surface area contributed by atoms with Gasteiger partial charge in [0.15, 0.2) is 0 Å². The molecule has 5 heteroatoms. The first-order valence-electron chi connectivity index (χ1n) is 7.42. The summed E-state index contributed by atoms with van der Waals surface area (Å²) in [4.78, 5) is 0. The number of hydrogen-bond donors (Lipinski definition) is 1. The Morgan fingerprint density at radius 3 is 2.53 bits per heavy atom. The first kappa shape index (κ1) is 15.1. The molecule has 2 nitrogen and oxygen atoms in total. The fourth-order valence-electron chi connectivity index (χ4n) is 3.05. The average Bonchev–Trinajstić information content (AvgIpc) is 3.17. The van der Waals surface area contributed by atoms with E-state index in [1.807, 2.05) is 0 Å². The van der Waals surface area contributed by atoms with Gasteiger partial charge in [-0.25, -0.2) is 0 Å². The summed E-state index contributed by atoms with van der Waals surface area (Å²) >= 11 is 0. The molecule has 2 saturated carbocycles. The van der Waals surface area contributed by atoms with E-state index in [9.17, 15) is 13.2 Å². The number of rotatable bonds is 6. The Bertz CT molecular complexity index is 278. The van der Waals surface area contributed by atoms with Crippen LogP contribution in [0.5, 0.6) is 0 Å². The van der Waals surface area contributed by atoms with Crippen LogP contribution in [0.3, 0.4) is 0 Å². The van der Waals surface area contributed by atoms with Crippen LogP contribution in [-0.2, 0) is 4.74 Å². The number of halogens is 3. The predicted octanol–water partition coefficient (Wildman–Crippen LogP) is 3.65. The Hall–Kier alpha value is -0.290. The molecule has 0 spiro atoms. The Balaban J connectivity index is 1.73. The third-order valence-corrected chi connectivity index (χ3v) is 4.19. The lowest BCUT2D eigenvalue weighted by molar-refractivity contribution is -0.188. The lowest BCUT2D eigenvalue weighted by atomic mass is 9.91. The highest BCUT2D eigenvalue weighted by Gasteiger charge is 2.34. The first-order valence-corrected chi connectivity index (χ1v) is 7.42. The maximum atomic E-state index is 12.1. The molecule has 0 heterocycles. The van der Waals surface area contributed by atoms with Gasteiger partial charge in [-0.15, -0.1) is 0 Å². The van der Waals surface area contributed by atoms with Gasteiger partial charge in [0.05, 0.1) is 6.10 Å². The topological polar surface area (TPSA) is 21.3 Å². The summed E-state index contributed by atoms with van der Waals surface area (Å²) in [7, 11) is 0. The smallest absolute Gasteiger partial charge is 0.369 e. The Labute approximate surface area is 113 Å². The molecule has 112 valence electrons. The number of hydrogen-bond acceptors (Lipinski definition) is 2. The lowest BCUT2D eigenvalue weighted by Crippen LogP contribution is -2.44. The second-order valence-electron chi connectivity index (χ2n) is 5.93. The Morgan fingerprint density at radius 1 is 1.21 bits per heavy atom. The van der Waals surface area contributed by atoms with E-state index in [2.05, 4.69) is 12.2 Å². The van der Waals surface area contributed by atoms with Crippen molar-refractivity contribution in [1.82, 2.24) is 5.32 Å². The Kier molecular flexibility index (Phi) is 5.12. The van der Waals surface area contributed by atoms with Gasteiger partial charge < -0.3 is 10.1 Å². The van der Waals surface area contributed by atoms with Crippen molar-refractivity contribution in [1.29, 1.82) is 0 Å². The van der Waals surface area contributed by atoms with E-state index < -0.39 is 12.8 Å². The quantitative estimate of drug-likeness (QED) is 0.801. The van der Waals surface area contributed by atoms with Crippen molar-refractivity contribution in [3.8, 4) is 0 Å². The van der Waals surface area contributed by atoms with E-state index in [1.165, 1.54) is 12.8 Å². The first-order chi connectivity index (χ1) is 8.98. The largest absolute Gasteiger partial charge is 0.411 e. The van der Waals surface area contributed by atoms with Gasteiger partial charge in [0.25, 0.3) is 0 Å². The Morgan fingerprint density at radius 2 is 1.95 bits per heavy atom. The van der Waals surface area contributed by atoms with Crippen molar-refractivity contribution < 1.29 is 17.9 Å². The molecule has 0 amide bonds. The fourth-order valence-corrected chi connectivity index (χ4v) is 3.05. The predicted molar refractivity (Wildman–Crippen MR) is 68.0 cm³/mol. The van der Waals surface area contributed by atoms with Gasteiger partial charge in [-0.05, 0) is 50.9 Å². The van der Waals surface area contributed by atoms with Crippen molar-refractivity contribution in [3.05, 3.63) is 0 Å². The minimum Gasteiger partial charge on any atom is -0.369 e. The highest BCUT2D eigenvalue weighted by Crippen LogP contribution is 2.35. The van der Waals surface area contributed by atoms with Crippen LogP contribution in [0.2, 0.25) is 0 Å². The molecule has 19 heavy (non-hydrogen) atoms. The highest BCUT2D eigenvalue weighted by atomic mass is 19.4. The van der Waals surface area contributed by atoms with E-state index in [-0.39, 0.29) is 6.10 Å². The van der Waals surface area contributed by atoms with Crippen LogP contribution in [0.15, 0.2) is 0 Å². The van der Waals surface area contributed by atoms with Gasteiger partial charge in [-0.3, -0.25) is 0 Å². The molecule has 0 aliphatic heterocycles. The van der Waals surface area contributed by atoms with Gasteiger partial charge in [0.1, 0.15) is 6.61 Å². The third kappa shape index (κ3) is 5.30. The van der Waals surface area contributed by atoms with Gasteiger partial charge in [0, 0.05) is 12.1 Å². The molecule has 2 rings (SSSR count). The minimum atomic E-state index is -4.21. The molecular weight excluding hydrogens is 255 g/mol. The van der Waals surface area contributed by atoms with E-state index in [1.54, 1.807) is 0 Å². The summed E-state index contributed by atoms with van der Waals surface area (Å²) < 4.78 is 41.4. The van der Waals surface area contributed by atoms with Crippen LogP contribution in [0.4, 0.5) is 13.2 Å². The van der Waals surface area contributed by atoms with Crippen LogP contribution in [-0.4, -0.2) is 31.0 Å². The zero-order valence-corrected chi connectivity index (χ0v) is 11.5. The molecule has 0 aromatic heterocycles. The highest BCUT2D eigenvalue weighted by molar-refractivity contribution is 4.89. The van der Waals surface area contributed by atoms with E-state index >= 15 is 0 Å². The summed E-state index contributed by atoms with van der Waals surface area (Å²) in [5, 5.41) is 3.63. The molecule has 0 aromatic carbocycles. The van der Waals surface area contributed by atoms with Crippen molar-refractivity contribution in [3.63, 3.8) is 0 Å². The van der Waals surface area contributed by atoms with Crippen LogP contribution in [0.25, 0.3) is 0 Å². The molecule has 0 radical (unpaired) electrons. The van der Waals surface area contributed by atoms with E-state index in [0.717, 1.165) is 38.0 Å². The summed E-state index contributed by atoms with van der Waals surface area (Å²) in [5.74, 6) is 0.793. The maximum Gasteiger partial charge on any atom is 0.411 e. The number of ether oxygens (including phenoxy) is 1. The second-order valence-corrected chi connectivity index (χ2v) is 5.93. The van der Waals surface area contributed by atoms with Gasteiger partial charge >= 0.3 is 6.18 Å². The van der Waals surface area contributed by atoms with Gasteiger partial charge in [-0.2, -0.15) is 13.2 Å². The fraction of sp³-hybridized carbons (Fsp3) is 1.00. The SMILES string of the molecule is CCC(NC1CCCC(OCC(F)(F)F)C1)C1CC1. The third-order valence-electron chi connectivity index (χ3n) is 4.19. The van der Waals surface area contributed by atoms with Gasteiger partial charge in [-0.1, -0.05) is 6.92 Å². The van der Waals surface area contributed by atoms with Gasteiger partial charge in [0.2, 0.25) is 0 Å². The molecule has 3 unspecified atom stereocenters. The van der Waals surface area contributed by atoms with E-state index in [4.69, 9.17) is 4.74 Å². The summed E-state index contributed by atoms with van der Waals surface area (Å²) in [6.45, 7) is 1.07. The second kappa shape index (κ2) is 6.44. The zero-order chi connectivity index (χ0) is 13.9. The maximum absolute atomic E-state index is 12.1. The molecule has 0 saturated heterocycles. The molecular formula is C14H24F3NO. The lowest BCUT2D eigenvalue weighted by Gasteiger charge is -2.33. The zero-order valence-electron chi connectivity index (χ0n) is 11.5. The molecule has 2 fully saturated rings. The van der Waals surface area contributed by atoms with Crippen molar-refractivity contribution >= 4 is 0 Å². The standard InChI is InChI=1S/C14H24F3NO/c1-2-13(10-6-7-10)18-11-4-3-5-12(8-11)19-9-14(15,16)17/h10-13,18H,2-9H2,1H3. The van der Waals surface area contributed by atoms with Crippen LogP contribution >= 0.6 is 0 Å². The van der Waals surface area contributed by atoms with E-state index in [0.29, 0.717) is 12.1 Å². The van der Waals surface area contributed by atoms with Crippen LogP contribution < -0.4 is 5.32 Å². The molecule has 0 bridgehead atoms. The summed E-state index contributed by atoms with van der Waals surface area (Å²) in [5.41, 5.74) is 0. The normalized spacial score (nSPS) is 30.3. The molecule has 1 N–H and O–H groups in total. The van der Waals surface area contributed by atoms with Crippen molar-refractivity contribution in [2.24, 2.45) is 5.92 Å². The molecule has 0 aromatic rings. The van der Waals surface area contributed by atoms with Crippen molar-refractivity contribution in [2.75, 3.05) is 6.61 Å². The number of nitrogens with one attached hydrogen (secondary N) is 1. The summed E-state index contributed by atoms with van der Waals surface area (Å²) in [6.07, 6.45) is 2.77. The average molecular weight is 279 g/mol. The van der Waals surface area contributed by atoms with Crippen LogP contribution in [0, 0.1) is 5.92 Å². The van der Waals surface area contributed by atoms with Crippen molar-refractivity contribution in [2.45, 2.75) is 76.2 Å². The summed E-state index contributed by atoms with van der Waals surface area (Å²) in [6, 6.07) is 0.879.